The van der Waals surface area contributed by atoms with Gasteiger partial charge in [0.1, 0.15) is 5.54 Å². The van der Waals surface area contributed by atoms with Gasteiger partial charge in [-0.2, -0.15) is 0 Å². The molecule has 1 aliphatic carbocycles. The molecule has 2 aliphatic rings. The fourth-order valence-electron chi connectivity index (χ4n) is 3.73. The summed E-state index contributed by atoms with van der Waals surface area (Å²) in [6.45, 7) is 5.28. The molecular weight excluding hydrogens is 202 g/mol. The third-order valence-electron chi connectivity index (χ3n) is 4.74. The van der Waals surface area contributed by atoms with Gasteiger partial charge in [-0.05, 0) is 44.6 Å². The summed E-state index contributed by atoms with van der Waals surface area (Å²) in [6, 6.07) is 0.513. The van der Waals surface area contributed by atoms with Crippen LogP contribution in [-0.4, -0.2) is 34.1 Å². The third-order valence-corrected chi connectivity index (χ3v) is 4.74. The van der Waals surface area contributed by atoms with Crippen LogP contribution in [0.15, 0.2) is 0 Å². The molecule has 1 heterocycles. The molecule has 0 bridgehead atoms. The van der Waals surface area contributed by atoms with Crippen molar-refractivity contribution in [3.63, 3.8) is 0 Å². The van der Waals surface area contributed by atoms with Crippen molar-refractivity contribution in [2.45, 2.75) is 64.0 Å². The predicted octanol–water partition coefficient (Wildman–Crippen LogP) is 2.50. The Morgan fingerprint density at radius 1 is 1.44 bits per heavy atom. The normalized spacial score (nSPS) is 40.4. The number of likely N-dealkylation sites (tertiary alicyclic amines) is 1. The maximum atomic E-state index is 11.6. The van der Waals surface area contributed by atoms with Crippen molar-refractivity contribution in [3.05, 3.63) is 0 Å². The molecule has 2 fully saturated rings. The Kier molecular flexibility index (Phi) is 3.24. The SMILES string of the molecule is CCC1(C(=O)O)CCCN1C1CCCC1C. The molecule has 16 heavy (non-hydrogen) atoms. The molecule has 1 saturated heterocycles. The molecule has 92 valence electrons. The molecule has 0 aromatic carbocycles. The van der Waals surface area contributed by atoms with Crippen molar-refractivity contribution in [3.8, 4) is 0 Å². The van der Waals surface area contributed by atoms with E-state index in [1.807, 2.05) is 6.92 Å². The topological polar surface area (TPSA) is 40.5 Å². The zero-order valence-corrected chi connectivity index (χ0v) is 10.4. The number of nitrogens with zero attached hydrogens (tertiary/aromatic N) is 1. The number of hydrogen-bond donors (Lipinski definition) is 1. The molecule has 0 amide bonds. The number of aliphatic carboxylic acids is 1. The van der Waals surface area contributed by atoms with E-state index in [1.54, 1.807) is 0 Å². The quantitative estimate of drug-likeness (QED) is 0.802. The summed E-state index contributed by atoms with van der Waals surface area (Å²) in [4.78, 5) is 13.9. The molecule has 3 nitrogen and oxygen atoms in total. The van der Waals surface area contributed by atoms with Crippen LogP contribution in [0.4, 0.5) is 0 Å². The zero-order valence-electron chi connectivity index (χ0n) is 10.4. The van der Waals surface area contributed by atoms with Crippen LogP contribution in [0.1, 0.15) is 52.4 Å². The average molecular weight is 225 g/mol. The second-order valence-corrected chi connectivity index (χ2v) is 5.46. The second kappa shape index (κ2) is 4.36. The van der Waals surface area contributed by atoms with Gasteiger partial charge >= 0.3 is 5.97 Å². The van der Waals surface area contributed by atoms with E-state index in [0.717, 1.165) is 25.8 Å². The highest BCUT2D eigenvalue weighted by molar-refractivity contribution is 5.79. The zero-order chi connectivity index (χ0) is 11.8. The number of carboxylic acids is 1. The molecule has 3 unspecified atom stereocenters. The van der Waals surface area contributed by atoms with Gasteiger partial charge in [-0.3, -0.25) is 9.69 Å². The van der Waals surface area contributed by atoms with Crippen LogP contribution in [0.2, 0.25) is 0 Å². The molecule has 3 atom stereocenters. The smallest absolute Gasteiger partial charge is 0.324 e. The number of hydrogen-bond acceptors (Lipinski definition) is 2. The Hall–Kier alpha value is -0.570. The molecule has 0 aromatic heterocycles. The van der Waals surface area contributed by atoms with Gasteiger partial charge in [0.25, 0.3) is 0 Å². The van der Waals surface area contributed by atoms with Crippen LogP contribution in [0.3, 0.4) is 0 Å². The summed E-state index contributed by atoms with van der Waals surface area (Å²) in [7, 11) is 0. The van der Waals surface area contributed by atoms with Crippen LogP contribution < -0.4 is 0 Å². The molecule has 1 aliphatic heterocycles. The van der Waals surface area contributed by atoms with E-state index in [0.29, 0.717) is 12.0 Å². The standard InChI is InChI=1S/C13H23NO2/c1-3-13(12(15)16)8-5-9-14(13)11-7-4-6-10(11)2/h10-11H,3-9H2,1-2H3,(H,15,16). The van der Waals surface area contributed by atoms with Crippen molar-refractivity contribution < 1.29 is 9.90 Å². The number of carboxylic acid groups (broad SMARTS) is 1. The van der Waals surface area contributed by atoms with Gasteiger partial charge in [-0.25, -0.2) is 0 Å². The average Bonchev–Trinajstić information content (AvgIpc) is 2.83. The van der Waals surface area contributed by atoms with Gasteiger partial charge in [0.15, 0.2) is 0 Å². The lowest BCUT2D eigenvalue weighted by Crippen LogP contribution is -2.55. The maximum absolute atomic E-state index is 11.6. The Bertz CT molecular complexity index is 279. The van der Waals surface area contributed by atoms with Crippen molar-refractivity contribution in [2.75, 3.05) is 6.54 Å². The summed E-state index contributed by atoms with van der Waals surface area (Å²) in [6.07, 6.45) is 6.34. The van der Waals surface area contributed by atoms with E-state index in [-0.39, 0.29) is 0 Å². The maximum Gasteiger partial charge on any atom is 0.324 e. The minimum atomic E-state index is -0.605. The fraction of sp³-hybridized carbons (Fsp3) is 0.923. The summed E-state index contributed by atoms with van der Waals surface area (Å²) >= 11 is 0. The van der Waals surface area contributed by atoms with Gasteiger partial charge < -0.3 is 5.11 Å². The molecule has 2 rings (SSSR count). The number of carbonyl (C=O) groups is 1. The van der Waals surface area contributed by atoms with Crippen LogP contribution >= 0.6 is 0 Å². The van der Waals surface area contributed by atoms with Gasteiger partial charge in [-0.1, -0.05) is 20.3 Å². The van der Waals surface area contributed by atoms with E-state index < -0.39 is 11.5 Å². The van der Waals surface area contributed by atoms with Crippen molar-refractivity contribution in [2.24, 2.45) is 5.92 Å². The summed E-state index contributed by atoms with van der Waals surface area (Å²) in [5, 5.41) is 9.54. The molecule has 0 aromatic rings. The second-order valence-electron chi connectivity index (χ2n) is 5.46. The third kappa shape index (κ3) is 1.65. The Morgan fingerprint density at radius 2 is 2.19 bits per heavy atom. The molecule has 0 spiro atoms. The first-order chi connectivity index (χ1) is 7.62. The summed E-state index contributed by atoms with van der Waals surface area (Å²) in [5.74, 6) is 0.0648. The van der Waals surface area contributed by atoms with Crippen LogP contribution in [-0.2, 0) is 4.79 Å². The lowest BCUT2D eigenvalue weighted by Gasteiger charge is -2.40. The Labute approximate surface area is 97.8 Å². The molecule has 0 radical (unpaired) electrons. The summed E-state index contributed by atoms with van der Waals surface area (Å²) < 4.78 is 0. The predicted molar refractivity (Wildman–Crippen MR) is 63.4 cm³/mol. The summed E-state index contributed by atoms with van der Waals surface area (Å²) in [5.41, 5.74) is -0.552. The van der Waals surface area contributed by atoms with Crippen molar-refractivity contribution in [1.82, 2.24) is 4.90 Å². The van der Waals surface area contributed by atoms with E-state index in [4.69, 9.17) is 0 Å². The molecule has 1 saturated carbocycles. The Morgan fingerprint density at radius 3 is 2.69 bits per heavy atom. The molecule has 3 heteroatoms. The first kappa shape index (κ1) is 11.9. The first-order valence-electron chi connectivity index (χ1n) is 6.62. The van der Waals surface area contributed by atoms with Gasteiger partial charge in [0.05, 0.1) is 0 Å². The number of rotatable bonds is 3. The van der Waals surface area contributed by atoms with E-state index in [2.05, 4.69) is 11.8 Å². The van der Waals surface area contributed by atoms with Crippen LogP contribution in [0.25, 0.3) is 0 Å². The van der Waals surface area contributed by atoms with Crippen molar-refractivity contribution in [1.29, 1.82) is 0 Å². The fourth-order valence-corrected chi connectivity index (χ4v) is 3.73. The molecule has 1 N–H and O–H groups in total. The lowest BCUT2D eigenvalue weighted by atomic mass is 9.90. The minimum Gasteiger partial charge on any atom is -0.480 e. The lowest BCUT2D eigenvalue weighted by molar-refractivity contribution is -0.152. The molecular formula is C13H23NO2. The van der Waals surface area contributed by atoms with Gasteiger partial charge in [0, 0.05) is 6.04 Å². The monoisotopic (exact) mass is 225 g/mol. The largest absolute Gasteiger partial charge is 0.480 e. The van der Waals surface area contributed by atoms with Gasteiger partial charge in [0.2, 0.25) is 0 Å². The highest BCUT2D eigenvalue weighted by Gasteiger charge is 2.50. The Balaban J connectivity index is 2.22. The van der Waals surface area contributed by atoms with Crippen LogP contribution in [0, 0.1) is 5.92 Å². The van der Waals surface area contributed by atoms with Gasteiger partial charge in [-0.15, -0.1) is 0 Å². The van der Waals surface area contributed by atoms with E-state index >= 15 is 0 Å². The highest BCUT2D eigenvalue weighted by atomic mass is 16.4. The highest BCUT2D eigenvalue weighted by Crippen LogP contribution is 2.40. The van der Waals surface area contributed by atoms with E-state index in [1.165, 1.54) is 19.3 Å². The minimum absolute atomic E-state index is 0.513. The van der Waals surface area contributed by atoms with Crippen LogP contribution in [0.5, 0.6) is 0 Å². The van der Waals surface area contributed by atoms with Crippen molar-refractivity contribution >= 4 is 5.97 Å². The first-order valence-corrected chi connectivity index (χ1v) is 6.62. The van der Waals surface area contributed by atoms with E-state index in [9.17, 15) is 9.90 Å².